The molecule has 6 rings (SSSR count). The molecule has 0 aliphatic carbocycles. The van der Waals surface area contributed by atoms with Crippen molar-refractivity contribution in [1.82, 2.24) is 4.57 Å². The minimum Gasteiger partial charge on any atom is -0.454 e. The van der Waals surface area contributed by atoms with Crippen molar-refractivity contribution in [3.63, 3.8) is 0 Å². The van der Waals surface area contributed by atoms with Crippen LogP contribution in [0.2, 0.25) is 0 Å². The number of Topliss-reactive ketones (excluding diaryl/α,β-unsaturated/α-hetero) is 1. The van der Waals surface area contributed by atoms with E-state index in [1.807, 2.05) is 42.1 Å². The Bertz CT molecular complexity index is 1500. The Kier molecular flexibility index (Phi) is 4.23. The number of hydrogen-bond acceptors (Lipinski definition) is 6. The third kappa shape index (κ3) is 3.22. The Morgan fingerprint density at radius 3 is 2.76 bits per heavy atom. The van der Waals surface area contributed by atoms with Crippen molar-refractivity contribution in [3.8, 4) is 23.0 Å². The van der Waals surface area contributed by atoms with E-state index in [1.54, 1.807) is 42.5 Å². The summed E-state index contributed by atoms with van der Waals surface area (Å²) in [7, 11) is 1.96. The van der Waals surface area contributed by atoms with Gasteiger partial charge in [-0.15, -0.1) is 0 Å². The summed E-state index contributed by atoms with van der Waals surface area (Å²) in [5.41, 5.74) is 2.70. The highest BCUT2D eigenvalue weighted by Crippen LogP contribution is 2.37. The van der Waals surface area contributed by atoms with Gasteiger partial charge in [0.1, 0.15) is 11.5 Å². The van der Waals surface area contributed by atoms with Crippen LogP contribution in [-0.2, 0) is 7.05 Å². The van der Waals surface area contributed by atoms with Crippen molar-refractivity contribution in [1.29, 1.82) is 0 Å². The van der Waals surface area contributed by atoms with Gasteiger partial charge in [0.15, 0.2) is 17.3 Å². The minimum atomic E-state index is -0.552. The van der Waals surface area contributed by atoms with E-state index in [9.17, 15) is 9.59 Å². The molecule has 7 heteroatoms. The van der Waals surface area contributed by atoms with E-state index in [-0.39, 0.29) is 24.1 Å². The summed E-state index contributed by atoms with van der Waals surface area (Å²) in [5.74, 6) is 1.16. The molecule has 33 heavy (non-hydrogen) atoms. The van der Waals surface area contributed by atoms with Crippen molar-refractivity contribution < 1.29 is 28.5 Å². The summed E-state index contributed by atoms with van der Waals surface area (Å²) in [4.78, 5) is 25.4. The van der Waals surface area contributed by atoms with Crippen molar-refractivity contribution in [2.24, 2.45) is 7.05 Å². The van der Waals surface area contributed by atoms with Gasteiger partial charge in [0, 0.05) is 35.8 Å². The molecule has 0 radical (unpaired) electrons. The molecule has 0 bridgehead atoms. The van der Waals surface area contributed by atoms with Gasteiger partial charge < -0.3 is 23.5 Å². The number of aromatic nitrogens is 1. The highest BCUT2D eigenvalue weighted by Gasteiger charge is 2.28. The molecular formula is C26H17NO6. The van der Waals surface area contributed by atoms with Crippen LogP contribution in [0.25, 0.3) is 17.0 Å². The summed E-state index contributed by atoms with van der Waals surface area (Å²) in [6, 6.07) is 17.5. The van der Waals surface area contributed by atoms with Gasteiger partial charge in [-0.05, 0) is 42.5 Å². The number of fused-ring (bicyclic) bond motifs is 3. The topological polar surface area (TPSA) is 76.0 Å². The number of aryl methyl sites for hydroxylation is 1. The molecule has 0 amide bonds. The minimum absolute atomic E-state index is 0.124. The maximum absolute atomic E-state index is 12.9. The zero-order chi connectivity index (χ0) is 22.5. The van der Waals surface area contributed by atoms with Gasteiger partial charge in [0.2, 0.25) is 12.6 Å². The largest absolute Gasteiger partial charge is 0.454 e. The lowest BCUT2D eigenvalue weighted by molar-refractivity contribution is 0.0734. The van der Waals surface area contributed by atoms with Crippen LogP contribution in [0.3, 0.4) is 0 Å². The Balaban J connectivity index is 1.26. The molecule has 0 saturated carbocycles. The van der Waals surface area contributed by atoms with Crippen LogP contribution in [-0.4, -0.2) is 23.1 Å². The fourth-order valence-corrected chi connectivity index (χ4v) is 4.05. The SMILES string of the molecule is Cn1cc(/C=C2\Oc3cc(OC(=O)c4ccc5c(c4)OCO5)ccc3C2=O)c2ccccc21. The van der Waals surface area contributed by atoms with Crippen LogP contribution in [0.5, 0.6) is 23.0 Å². The van der Waals surface area contributed by atoms with Crippen molar-refractivity contribution in [2.45, 2.75) is 0 Å². The first-order chi connectivity index (χ1) is 16.1. The van der Waals surface area contributed by atoms with Gasteiger partial charge in [-0.2, -0.15) is 0 Å². The van der Waals surface area contributed by atoms with Gasteiger partial charge in [-0.3, -0.25) is 4.79 Å². The van der Waals surface area contributed by atoms with Crippen molar-refractivity contribution in [3.05, 3.63) is 89.3 Å². The second-order valence-corrected chi connectivity index (χ2v) is 7.77. The summed E-state index contributed by atoms with van der Waals surface area (Å²) in [5, 5.41) is 1.03. The molecule has 0 unspecified atom stereocenters. The first kappa shape index (κ1) is 19.2. The molecule has 0 saturated heterocycles. The third-order valence-electron chi connectivity index (χ3n) is 5.67. The number of nitrogens with zero attached hydrogens (tertiary/aromatic N) is 1. The van der Waals surface area contributed by atoms with E-state index in [2.05, 4.69) is 0 Å². The lowest BCUT2D eigenvalue weighted by Gasteiger charge is -2.06. The Morgan fingerprint density at radius 1 is 1.00 bits per heavy atom. The van der Waals surface area contributed by atoms with Crippen LogP contribution >= 0.6 is 0 Å². The third-order valence-corrected chi connectivity index (χ3v) is 5.67. The van der Waals surface area contributed by atoms with Crippen LogP contribution < -0.4 is 18.9 Å². The van der Waals surface area contributed by atoms with E-state index in [0.29, 0.717) is 28.4 Å². The maximum atomic E-state index is 12.9. The average molecular weight is 439 g/mol. The number of benzene rings is 3. The first-order valence-corrected chi connectivity index (χ1v) is 10.3. The summed E-state index contributed by atoms with van der Waals surface area (Å²) < 4.78 is 23.9. The molecule has 2 aliphatic rings. The van der Waals surface area contributed by atoms with Crippen LogP contribution in [0.1, 0.15) is 26.3 Å². The summed E-state index contributed by atoms with van der Waals surface area (Å²) >= 11 is 0. The molecule has 0 spiro atoms. The van der Waals surface area contributed by atoms with Gasteiger partial charge in [0.25, 0.3) is 0 Å². The van der Waals surface area contributed by atoms with Crippen molar-refractivity contribution in [2.75, 3.05) is 6.79 Å². The number of hydrogen-bond donors (Lipinski definition) is 0. The lowest BCUT2D eigenvalue weighted by atomic mass is 10.1. The second-order valence-electron chi connectivity index (χ2n) is 7.77. The van der Waals surface area contributed by atoms with E-state index in [4.69, 9.17) is 18.9 Å². The van der Waals surface area contributed by atoms with E-state index < -0.39 is 5.97 Å². The molecule has 1 aromatic heterocycles. The molecule has 3 heterocycles. The number of carbonyl (C=O) groups excluding carboxylic acids is 2. The predicted octanol–water partition coefficient (Wildman–Crippen LogP) is 4.74. The van der Waals surface area contributed by atoms with E-state index >= 15 is 0 Å². The molecule has 0 atom stereocenters. The Hall–Kier alpha value is -4.52. The molecule has 4 aromatic rings. The number of rotatable bonds is 3. The quantitative estimate of drug-likeness (QED) is 0.261. The average Bonchev–Trinajstić information content (AvgIpc) is 3.50. The standard InChI is InChI=1S/C26H17NO6/c1-27-13-16(18-4-2-3-5-20(18)27)11-24-25(28)19-8-7-17(12-22(19)33-24)32-26(29)15-6-9-21-23(10-15)31-14-30-21/h2-13H,14H2,1H3/b24-11-. The normalized spacial score (nSPS) is 15.1. The monoisotopic (exact) mass is 439 g/mol. The second kappa shape index (κ2) is 7.27. The van der Waals surface area contributed by atoms with Crippen LogP contribution in [0, 0.1) is 0 Å². The maximum Gasteiger partial charge on any atom is 0.343 e. The van der Waals surface area contributed by atoms with Crippen LogP contribution in [0.15, 0.2) is 72.6 Å². The van der Waals surface area contributed by atoms with Gasteiger partial charge in [-0.25, -0.2) is 4.79 Å². The Morgan fingerprint density at radius 2 is 1.85 bits per heavy atom. The molecule has 3 aromatic carbocycles. The molecule has 0 N–H and O–H groups in total. The smallest absolute Gasteiger partial charge is 0.343 e. The Labute approximate surface area is 188 Å². The molecule has 2 aliphatic heterocycles. The van der Waals surface area contributed by atoms with Gasteiger partial charge >= 0.3 is 5.97 Å². The number of ketones is 1. The lowest BCUT2D eigenvalue weighted by Crippen LogP contribution is -2.08. The molecule has 0 fully saturated rings. The molecule has 162 valence electrons. The van der Waals surface area contributed by atoms with E-state index in [1.165, 1.54) is 0 Å². The molecular weight excluding hydrogens is 422 g/mol. The number of carbonyl (C=O) groups is 2. The number of esters is 1. The highest BCUT2D eigenvalue weighted by molar-refractivity contribution is 6.15. The van der Waals surface area contributed by atoms with E-state index in [0.717, 1.165) is 16.5 Å². The van der Waals surface area contributed by atoms with Gasteiger partial charge in [0.05, 0.1) is 11.1 Å². The number of allylic oxidation sites excluding steroid dienone is 1. The van der Waals surface area contributed by atoms with Crippen molar-refractivity contribution >= 4 is 28.7 Å². The predicted molar refractivity (Wildman–Crippen MR) is 120 cm³/mol. The summed E-state index contributed by atoms with van der Waals surface area (Å²) in [6.07, 6.45) is 3.69. The number of ether oxygens (including phenoxy) is 4. The first-order valence-electron chi connectivity index (χ1n) is 10.3. The van der Waals surface area contributed by atoms with Crippen LogP contribution in [0.4, 0.5) is 0 Å². The summed E-state index contributed by atoms with van der Waals surface area (Å²) in [6.45, 7) is 0.124. The fourth-order valence-electron chi connectivity index (χ4n) is 4.05. The van der Waals surface area contributed by atoms with Gasteiger partial charge in [-0.1, -0.05) is 18.2 Å². The zero-order valence-corrected chi connectivity index (χ0v) is 17.5. The molecule has 7 nitrogen and oxygen atoms in total. The highest BCUT2D eigenvalue weighted by atomic mass is 16.7. The number of para-hydroxylation sites is 1. The fraction of sp³-hybridized carbons (Fsp3) is 0.0769. The zero-order valence-electron chi connectivity index (χ0n) is 17.5.